The smallest absolute Gasteiger partial charge is 0.191 e. The van der Waals surface area contributed by atoms with Crippen LogP contribution in [-0.2, 0) is 6.54 Å². The summed E-state index contributed by atoms with van der Waals surface area (Å²) in [5.41, 5.74) is 2.53. The van der Waals surface area contributed by atoms with E-state index < -0.39 is 0 Å². The van der Waals surface area contributed by atoms with Crippen molar-refractivity contribution in [2.75, 3.05) is 33.7 Å². The first-order valence-electron chi connectivity index (χ1n) is 7.34. The zero-order chi connectivity index (χ0) is 14.8. The Hall–Kier alpha value is -1.55. The molecule has 0 fully saturated rings. The Bertz CT molecular complexity index is 413. The van der Waals surface area contributed by atoms with Crippen molar-refractivity contribution >= 4 is 5.96 Å². The molecule has 0 saturated heterocycles. The van der Waals surface area contributed by atoms with Crippen molar-refractivity contribution in [2.24, 2.45) is 4.99 Å². The van der Waals surface area contributed by atoms with Gasteiger partial charge in [0, 0.05) is 13.1 Å². The van der Waals surface area contributed by atoms with E-state index >= 15 is 0 Å². The van der Waals surface area contributed by atoms with Gasteiger partial charge in [0.2, 0.25) is 0 Å². The van der Waals surface area contributed by atoms with Crippen molar-refractivity contribution in [3.05, 3.63) is 35.4 Å². The average molecular weight is 276 g/mol. The third kappa shape index (κ3) is 7.14. The minimum Gasteiger partial charge on any atom is -0.357 e. The molecule has 0 radical (unpaired) electrons. The number of nitrogens with zero attached hydrogens (tertiary/aromatic N) is 2. The van der Waals surface area contributed by atoms with E-state index in [0.29, 0.717) is 6.54 Å². The second-order valence-electron chi connectivity index (χ2n) is 5.27. The van der Waals surface area contributed by atoms with Gasteiger partial charge in [0.15, 0.2) is 5.96 Å². The fraction of sp³-hybridized carbons (Fsp3) is 0.562. The highest BCUT2D eigenvalue weighted by Gasteiger charge is 1.98. The molecule has 0 aromatic heterocycles. The molecular formula is C16H28N4. The van der Waals surface area contributed by atoms with Gasteiger partial charge < -0.3 is 15.5 Å². The van der Waals surface area contributed by atoms with Gasteiger partial charge >= 0.3 is 0 Å². The van der Waals surface area contributed by atoms with Crippen molar-refractivity contribution in [1.82, 2.24) is 15.5 Å². The zero-order valence-corrected chi connectivity index (χ0v) is 13.2. The molecule has 0 aliphatic heterocycles. The molecular weight excluding hydrogens is 248 g/mol. The Morgan fingerprint density at radius 3 is 2.70 bits per heavy atom. The molecule has 112 valence electrons. The van der Waals surface area contributed by atoms with E-state index in [9.17, 15) is 0 Å². The van der Waals surface area contributed by atoms with Crippen LogP contribution in [0, 0.1) is 6.92 Å². The van der Waals surface area contributed by atoms with Gasteiger partial charge in [-0.1, -0.05) is 29.8 Å². The SMILES string of the molecule is CCNC(=NCc1cccc(C)c1)NCCCN(C)C. The lowest BCUT2D eigenvalue weighted by Gasteiger charge is -2.13. The molecule has 0 bridgehead atoms. The maximum absolute atomic E-state index is 4.62. The molecule has 0 spiro atoms. The molecule has 20 heavy (non-hydrogen) atoms. The van der Waals surface area contributed by atoms with Gasteiger partial charge in [0.25, 0.3) is 0 Å². The van der Waals surface area contributed by atoms with Crippen molar-refractivity contribution in [3.63, 3.8) is 0 Å². The lowest BCUT2D eigenvalue weighted by Crippen LogP contribution is -2.38. The highest BCUT2D eigenvalue weighted by Crippen LogP contribution is 2.04. The van der Waals surface area contributed by atoms with Crippen LogP contribution in [-0.4, -0.2) is 44.6 Å². The Balaban J connectivity index is 2.45. The Kier molecular flexibility index (Phi) is 7.73. The normalized spacial score (nSPS) is 11.8. The molecule has 0 unspecified atom stereocenters. The minimum absolute atomic E-state index is 0.713. The fourth-order valence-corrected chi connectivity index (χ4v) is 1.92. The first kappa shape index (κ1) is 16.5. The molecule has 2 N–H and O–H groups in total. The number of rotatable bonds is 7. The summed E-state index contributed by atoms with van der Waals surface area (Å²) in [6.45, 7) is 7.82. The molecule has 1 aromatic carbocycles. The maximum Gasteiger partial charge on any atom is 0.191 e. The molecule has 0 heterocycles. The molecule has 0 saturated carbocycles. The summed E-state index contributed by atoms with van der Waals surface area (Å²) < 4.78 is 0. The van der Waals surface area contributed by atoms with E-state index in [-0.39, 0.29) is 0 Å². The summed E-state index contributed by atoms with van der Waals surface area (Å²) in [4.78, 5) is 6.82. The number of benzene rings is 1. The highest BCUT2D eigenvalue weighted by molar-refractivity contribution is 5.79. The van der Waals surface area contributed by atoms with Gasteiger partial charge in [0.1, 0.15) is 0 Å². The zero-order valence-electron chi connectivity index (χ0n) is 13.2. The monoisotopic (exact) mass is 276 g/mol. The quantitative estimate of drug-likeness (QED) is 0.454. The maximum atomic E-state index is 4.62. The second kappa shape index (κ2) is 9.37. The predicted molar refractivity (Wildman–Crippen MR) is 87.2 cm³/mol. The van der Waals surface area contributed by atoms with E-state index in [4.69, 9.17) is 0 Å². The number of hydrogen-bond donors (Lipinski definition) is 2. The number of hydrogen-bond acceptors (Lipinski definition) is 2. The van der Waals surface area contributed by atoms with E-state index in [1.165, 1.54) is 11.1 Å². The van der Waals surface area contributed by atoms with Crippen LogP contribution in [0.1, 0.15) is 24.5 Å². The molecule has 0 aliphatic carbocycles. The van der Waals surface area contributed by atoms with Gasteiger partial charge in [-0.15, -0.1) is 0 Å². The van der Waals surface area contributed by atoms with Gasteiger partial charge in [-0.05, 0) is 46.5 Å². The molecule has 1 rings (SSSR count). The van der Waals surface area contributed by atoms with Gasteiger partial charge in [0.05, 0.1) is 6.54 Å². The fourth-order valence-electron chi connectivity index (χ4n) is 1.92. The first-order valence-corrected chi connectivity index (χ1v) is 7.34. The lowest BCUT2D eigenvalue weighted by molar-refractivity contribution is 0.399. The van der Waals surface area contributed by atoms with E-state index in [2.05, 4.69) is 72.7 Å². The molecule has 4 heteroatoms. The topological polar surface area (TPSA) is 39.7 Å². The van der Waals surface area contributed by atoms with Crippen LogP contribution in [0.2, 0.25) is 0 Å². The minimum atomic E-state index is 0.713. The average Bonchev–Trinajstić information content (AvgIpc) is 2.40. The van der Waals surface area contributed by atoms with Crippen LogP contribution in [0.5, 0.6) is 0 Å². The third-order valence-corrected chi connectivity index (χ3v) is 2.92. The standard InChI is InChI=1S/C16H28N4/c1-5-17-16(18-10-7-11-20(3)4)19-13-15-9-6-8-14(2)12-15/h6,8-9,12H,5,7,10-11,13H2,1-4H3,(H2,17,18,19). The lowest BCUT2D eigenvalue weighted by atomic mass is 10.1. The van der Waals surface area contributed by atoms with Crippen LogP contribution in [0.4, 0.5) is 0 Å². The Morgan fingerprint density at radius 2 is 2.05 bits per heavy atom. The number of guanidine groups is 1. The van der Waals surface area contributed by atoms with Gasteiger partial charge in [-0.2, -0.15) is 0 Å². The van der Waals surface area contributed by atoms with E-state index in [0.717, 1.165) is 32.0 Å². The number of nitrogens with one attached hydrogen (secondary N) is 2. The Morgan fingerprint density at radius 1 is 1.25 bits per heavy atom. The van der Waals surface area contributed by atoms with Crippen molar-refractivity contribution < 1.29 is 0 Å². The summed E-state index contributed by atoms with van der Waals surface area (Å²) in [5, 5.41) is 6.65. The van der Waals surface area contributed by atoms with Crippen LogP contribution in [0.15, 0.2) is 29.3 Å². The Labute approximate surface area is 123 Å². The van der Waals surface area contributed by atoms with Gasteiger partial charge in [-0.3, -0.25) is 0 Å². The molecule has 1 aromatic rings. The molecule has 0 amide bonds. The van der Waals surface area contributed by atoms with Crippen LogP contribution < -0.4 is 10.6 Å². The van der Waals surface area contributed by atoms with Crippen LogP contribution >= 0.6 is 0 Å². The van der Waals surface area contributed by atoms with E-state index in [1.807, 2.05) is 0 Å². The summed E-state index contributed by atoms with van der Waals surface area (Å²) >= 11 is 0. The third-order valence-electron chi connectivity index (χ3n) is 2.92. The number of aliphatic imine (C=N–C) groups is 1. The summed E-state index contributed by atoms with van der Waals surface area (Å²) in [6.07, 6.45) is 1.11. The van der Waals surface area contributed by atoms with Crippen molar-refractivity contribution in [2.45, 2.75) is 26.8 Å². The van der Waals surface area contributed by atoms with Crippen LogP contribution in [0.3, 0.4) is 0 Å². The molecule has 0 atom stereocenters. The molecule has 0 aliphatic rings. The second-order valence-corrected chi connectivity index (χ2v) is 5.27. The highest BCUT2D eigenvalue weighted by atomic mass is 15.2. The summed E-state index contributed by atoms with van der Waals surface area (Å²) in [7, 11) is 4.19. The van der Waals surface area contributed by atoms with Gasteiger partial charge in [-0.25, -0.2) is 4.99 Å². The van der Waals surface area contributed by atoms with Crippen LogP contribution in [0.25, 0.3) is 0 Å². The van der Waals surface area contributed by atoms with Crippen molar-refractivity contribution in [1.29, 1.82) is 0 Å². The predicted octanol–water partition coefficient (Wildman–Crippen LogP) is 2.00. The van der Waals surface area contributed by atoms with Crippen molar-refractivity contribution in [3.8, 4) is 0 Å². The summed E-state index contributed by atoms with van der Waals surface area (Å²) in [6, 6.07) is 8.49. The molecule has 4 nitrogen and oxygen atoms in total. The number of aryl methyl sites for hydroxylation is 1. The first-order chi connectivity index (χ1) is 9.61. The largest absolute Gasteiger partial charge is 0.357 e. The van der Waals surface area contributed by atoms with E-state index in [1.54, 1.807) is 0 Å². The summed E-state index contributed by atoms with van der Waals surface area (Å²) in [5.74, 6) is 0.896.